The highest BCUT2D eigenvalue weighted by Crippen LogP contribution is 2.20. The lowest BCUT2D eigenvalue weighted by molar-refractivity contribution is -0.120. The van der Waals surface area contributed by atoms with E-state index in [0.717, 1.165) is 46.7 Å². The van der Waals surface area contributed by atoms with E-state index < -0.39 is 0 Å². The number of aromatic nitrogens is 2. The lowest BCUT2D eigenvalue weighted by Gasteiger charge is -2.11. The normalized spacial score (nSPS) is 11.0. The summed E-state index contributed by atoms with van der Waals surface area (Å²) in [5, 5.41) is 3.07. The monoisotopic (exact) mass is 503 g/mol. The molecule has 0 fully saturated rings. The zero-order chi connectivity index (χ0) is 26.2. The van der Waals surface area contributed by atoms with E-state index in [0.29, 0.717) is 26.0 Å². The second-order valence-corrected chi connectivity index (χ2v) is 9.52. The van der Waals surface area contributed by atoms with Gasteiger partial charge in [-0.25, -0.2) is 4.98 Å². The predicted octanol–water partition coefficient (Wildman–Crippen LogP) is 6.38. The first-order valence-corrected chi connectivity index (χ1v) is 13.2. The molecule has 0 radical (unpaired) electrons. The van der Waals surface area contributed by atoms with Crippen molar-refractivity contribution < 1.29 is 9.53 Å². The lowest BCUT2D eigenvalue weighted by Crippen LogP contribution is -2.28. The van der Waals surface area contributed by atoms with E-state index in [1.807, 2.05) is 60.7 Å². The number of aryl methyl sites for hydroxylation is 2. The summed E-state index contributed by atoms with van der Waals surface area (Å²) in [6.45, 7) is 4.06. The van der Waals surface area contributed by atoms with E-state index in [1.54, 1.807) is 0 Å². The predicted molar refractivity (Wildman–Crippen MR) is 153 cm³/mol. The molecule has 1 aromatic heterocycles. The summed E-state index contributed by atoms with van der Waals surface area (Å²) >= 11 is 0. The molecule has 0 saturated carbocycles. The summed E-state index contributed by atoms with van der Waals surface area (Å²) in [5.41, 5.74) is 6.64. The van der Waals surface area contributed by atoms with Gasteiger partial charge >= 0.3 is 0 Å². The van der Waals surface area contributed by atoms with Gasteiger partial charge in [0.1, 0.15) is 11.6 Å². The smallest absolute Gasteiger partial charge is 0.224 e. The minimum atomic E-state index is 0.0200. The van der Waals surface area contributed by atoms with Gasteiger partial charge in [0.2, 0.25) is 5.91 Å². The third-order valence-electron chi connectivity index (χ3n) is 6.65. The van der Waals surface area contributed by atoms with E-state index in [2.05, 4.69) is 59.3 Å². The first-order chi connectivity index (χ1) is 18.7. The highest BCUT2D eigenvalue weighted by atomic mass is 16.5. The second kappa shape index (κ2) is 12.2. The number of benzene rings is 4. The van der Waals surface area contributed by atoms with Crippen LogP contribution in [0.1, 0.15) is 23.4 Å². The second-order valence-electron chi connectivity index (χ2n) is 9.52. The number of para-hydroxylation sites is 2. The molecule has 4 aromatic carbocycles. The van der Waals surface area contributed by atoms with Gasteiger partial charge in [0.25, 0.3) is 0 Å². The minimum Gasteiger partial charge on any atom is -0.494 e. The van der Waals surface area contributed by atoms with Crippen LogP contribution in [-0.4, -0.2) is 28.6 Å². The van der Waals surface area contributed by atoms with Gasteiger partial charge in [-0.15, -0.1) is 0 Å². The van der Waals surface area contributed by atoms with Gasteiger partial charge in [-0.05, 0) is 54.3 Å². The number of hydrogen-bond donors (Lipinski definition) is 1. The van der Waals surface area contributed by atoms with Crippen molar-refractivity contribution in [2.45, 2.75) is 32.7 Å². The quantitative estimate of drug-likeness (QED) is 0.213. The van der Waals surface area contributed by atoms with Gasteiger partial charge in [0.05, 0.1) is 24.1 Å². The van der Waals surface area contributed by atoms with Crippen LogP contribution in [0.25, 0.3) is 22.2 Å². The number of carbonyl (C=O) groups excluding carboxylic acids is 1. The van der Waals surface area contributed by atoms with Crippen molar-refractivity contribution in [3.8, 4) is 16.9 Å². The molecule has 0 bridgehead atoms. The number of nitrogens with one attached hydrogen (secondary N) is 1. The highest BCUT2D eigenvalue weighted by molar-refractivity contribution is 5.79. The molecule has 0 atom stereocenters. The van der Waals surface area contributed by atoms with Crippen LogP contribution in [0.4, 0.5) is 0 Å². The zero-order valence-electron chi connectivity index (χ0n) is 21.8. The van der Waals surface area contributed by atoms with Gasteiger partial charge in [-0.2, -0.15) is 0 Å². The Bertz CT molecular complexity index is 1470. The number of fused-ring (bicyclic) bond motifs is 1. The largest absolute Gasteiger partial charge is 0.494 e. The Morgan fingerprint density at radius 2 is 1.55 bits per heavy atom. The molecule has 0 aliphatic carbocycles. The van der Waals surface area contributed by atoms with Crippen molar-refractivity contribution in [2.75, 3.05) is 13.2 Å². The molecule has 0 saturated heterocycles. The van der Waals surface area contributed by atoms with Crippen LogP contribution in [0.5, 0.6) is 5.75 Å². The standard InChI is InChI=1S/C33H33N3O2/c1-25-12-18-29(19-13-25)38-23-7-22-36-31-11-6-5-10-30(31)35-32(36)20-21-34-33(37)24-26-14-16-28(17-15-26)27-8-3-2-4-9-27/h2-6,8-19H,7,20-24H2,1H3,(H,34,37). The SMILES string of the molecule is Cc1ccc(OCCCn2c(CCNC(=O)Cc3ccc(-c4ccccc4)cc3)nc3ccccc32)cc1. The summed E-state index contributed by atoms with van der Waals surface area (Å²) in [4.78, 5) is 17.5. The molecule has 1 amide bonds. The average Bonchev–Trinajstić information content (AvgIpc) is 3.30. The molecule has 1 heterocycles. The number of rotatable bonds is 11. The summed E-state index contributed by atoms with van der Waals surface area (Å²) in [6.07, 6.45) is 1.90. The van der Waals surface area contributed by atoms with Crippen molar-refractivity contribution in [3.05, 3.63) is 120 Å². The van der Waals surface area contributed by atoms with Crippen LogP contribution >= 0.6 is 0 Å². The number of imidazole rings is 1. The summed E-state index contributed by atoms with van der Waals surface area (Å²) < 4.78 is 8.17. The number of amides is 1. The van der Waals surface area contributed by atoms with Gasteiger partial charge in [0, 0.05) is 19.5 Å². The third-order valence-corrected chi connectivity index (χ3v) is 6.65. The third kappa shape index (κ3) is 6.48. The maximum atomic E-state index is 12.6. The van der Waals surface area contributed by atoms with Crippen LogP contribution in [-0.2, 0) is 24.2 Å². The lowest BCUT2D eigenvalue weighted by atomic mass is 10.0. The molecular formula is C33H33N3O2. The van der Waals surface area contributed by atoms with Crippen molar-refractivity contribution in [1.82, 2.24) is 14.9 Å². The molecule has 5 nitrogen and oxygen atoms in total. The summed E-state index contributed by atoms with van der Waals surface area (Å²) in [7, 11) is 0. The maximum absolute atomic E-state index is 12.6. The van der Waals surface area contributed by atoms with E-state index >= 15 is 0 Å². The van der Waals surface area contributed by atoms with Crippen molar-refractivity contribution in [2.24, 2.45) is 0 Å². The Labute approximate surface area is 224 Å². The average molecular weight is 504 g/mol. The Kier molecular flexibility index (Phi) is 8.14. The van der Waals surface area contributed by atoms with E-state index in [4.69, 9.17) is 9.72 Å². The van der Waals surface area contributed by atoms with Gasteiger partial charge in [-0.3, -0.25) is 4.79 Å². The Balaban J connectivity index is 1.14. The van der Waals surface area contributed by atoms with Crippen molar-refractivity contribution in [1.29, 1.82) is 0 Å². The molecule has 5 aromatic rings. The molecule has 38 heavy (non-hydrogen) atoms. The molecule has 5 heteroatoms. The maximum Gasteiger partial charge on any atom is 0.224 e. The first kappa shape index (κ1) is 25.3. The minimum absolute atomic E-state index is 0.0200. The highest BCUT2D eigenvalue weighted by Gasteiger charge is 2.11. The Morgan fingerprint density at radius 3 is 2.34 bits per heavy atom. The molecular weight excluding hydrogens is 470 g/mol. The van der Waals surface area contributed by atoms with Crippen molar-refractivity contribution in [3.63, 3.8) is 0 Å². The fourth-order valence-electron chi connectivity index (χ4n) is 4.62. The van der Waals surface area contributed by atoms with E-state index in [1.165, 1.54) is 11.1 Å². The molecule has 1 N–H and O–H groups in total. The fourth-order valence-corrected chi connectivity index (χ4v) is 4.62. The number of ether oxygens (including phenoxy) is 1. The number of carbonyl (C=O) groups is 1. The van der Waals surface area contributed by atoms with Crippen LogP contribution in [0.3, 0.4) is 0 Å². The Morgan fingerprint density at radius 1 is 0.842 bits per heavy atom. The van der Waals surface area contributed by atoms with Crippen LogP contribution < -0.4 is 10.1 Å². The summed E-state index contributed by atoms with van der Waals surface area (Å²) in [6, 6.07) is 34.8. The van der Waals surface area contributed by atoms with Gasteiger partial charge in [-0.1, -0.05) is 84.4 Å². The molecule has 0 aliphatic heterocycles. The number of hydrogen-bond acceptors (Lipinski definition) is 3. The van der Waals surface area contributed by atoms with E-state index in [9.17, 15) is 4.79 Å². The van der Waals surface area contributed by atoms with E-state index in [-0.39, 0.29) is 5.91 Å². The topological polar surface area (TPSA) is 56.1 Å². The Hall–Kier alpha value is -4.38. The molecule has 0 aliphatic rings. The van der Waals surface area contributed by atoms with Crippen molar-refractivity contribution >= 4 is 16.9 Å². The summed E-state index contributed by atoms with van der Waals surface area (Å²) in [5.74, 6) is 1.89. The van der Waals surface area contributed by atoms with Crippen LogP contribution in [0.2, 0.25) is 0 Å². The molecule has 5 rings (SSSR count). The fraction of sp³-hybridized carbons (Fsp3) is 0.212. The van der Waals surface area contributed by atoms with Crippen LogP contribution in [0.15, 0.2) is 103 Å². The molecule has 192 valence electrons. The zero-order valence-corrected chi connectivity index (χ0v) is 21.8. The van der Waals surface area contributed by atoms with Crippen LogP contribution in [0, 0.1) is 6.92 Å². The molecule has 0 spiro atoms. The first-order valence-electron chi connectivity index (χ1n) is 13.2. The van der Waals surface area contributed by atoms with Gasteiger partial charge < -0.3 is 14.6 Å². The van der Waals surface area contributed by atoms with Gasteiger partial charge in [0.15, 0.2) is 0 Å². The molecule has 0 unspecified atom stereocenters. The number of nitrogens with zero attached hydrogens (tertiary/aromatic N) is 2.